The standard InChI is InChI=1S/C15H14N4O/c1-19-12-8-3-2-6-10(12)13(18-14(16)15(19)20)11-7-4-5-9-17-11/h2-9,14H,16H2,1H3/t14-/m1/s1. The zero-order chi connectivity index (χ0) is 14.1. The first-order valence-electron chi connectivity index (χ1n) is 6.30. The number of fused-ring (bicyclic) bond motifs is 1. The van der Waals surface area contributed by atoms with E-state index in [0.717, 1.165) is 11.3 Å². The van der Waals surface area contributed by atoms with Crippen molar-refractivity contribution in [2.24, 2.45) is 10.7 Å². The van der Waals surface area contributed by atoms with Crippen LogP contribution in [-0.2, 0) is 4.79 Å². The van der Waals surface area contributed by atoms with Crippen LogP contribution in [0.3, 0.4) is 0 Å². The molecule has 5 heteroatoms. The molecule has 1 atom stereocenters. The van der Waals surface area contributed by atoms with Crippen molar-refractivity contribution < 1.29 is 4.79 Å². The number of anilines is 1. The molecule has 2 N–H and O–H groups in total. The third kappa shape index (κ3) is 1.98. The Balaban J connectivity index is 2.24. The maximum absolute atomic E-state index is 12.2. The van der Waals surface area contributed by atoms with Crippen molar-refractivity contribution in [1.29, 1.82) is 0 Å². The molecule has 1 amide bonds. The number of likely N-dealkylation sites (N-methyl/N-ethyl adjacent to an activating group) is 1. The molecular formula is C15H14N4O. The van der Waals surface area contributed by atoms with Gasteiger partial charge in [-0.2, -0.15) is 0 Å². The molecule has 1 aliphatic heterocycles. The lowest BCUT2D eigenvalue weighted by Gasteiger charge is -2.18. The average molecular weight is 266 g/mol. The zero-order valence-electron chi connectivity index (χ0n) is 11.0. The predicted octanol–water partition coefficient (Wildman–Crippen LogP) is 1.18. The van der Waals surface area contributed by atoms with Crippen molar-refractivity contribution in [1.82, 2.24) is 4.98 Å². The molecule has 2 aromatic rings. The second-order valence-electron chi connectivity index (χ2n) is 4.55. The number of benzene rings is 1. The van der Waals surface area contributed by atoms with Crippen molar-refractivity contribution >= 4 is 17.3 Å². The van der Waals surface area contributed by atoms with E-state index >= 15 is 0 Å². The van der Waals surface area contributed by atoms with E-state index in [1.807, 2.05) is 42.5 Å². The van der Waals surface area contributed by atoms with Crippen LogP contribution in [-0.4, -0.2) is 29.8 Å². The lowest BCUT2D eigenvalue weighted by molar-refractivity contribution is -0.119. The van der Waals surface area contributed by atoms with E-state index in [0.29, 0.717) is 11.4 Å². The molecule has 100 valence electrons. The third-order valence-electron chi connectivity index (χ3n) is 3.28. The molecule has 1 aliphatic rings. The van der Waals surface area contributed by atoms with Crippen LogP contribution in [0.25, 0.3) is 0 Å². The Hall–Kier alpha value is -2.53. The Bertz CT molecular complexity index is 681. The normalized spacial score (nSPS) is 18.3. The second kappa shape index (κ2) is 4.86. The fourth-order valence-electron chi connectivity index (χ4n) is 2.25. The van der Waals surface area contributed by atoms with Gasteiger partial charge in [0.25, 0.3) is 5.91 Å². The Morgan fingerprint density at radius 1 is 1.15 bits per heavy atom. The summed E-state index contributed by atoms with van der Waals surface area (Å²) < 4.78 is 0. The molecule has 5 nitrogen and oxygen atoms in total. The van der Waals surface area contributed by atoms with Crippen LogP contribution in [0.2, 0.25) is 0 Å². The van der Waals surface area contributed by atoms with Gasteiger partial charge < -0.3 is 10.6 Å². The summed E-state index contributed by atoms with van der Waals surface area (Å²) in [5, 5.41) is 0. The number of nitrogens with zero attached hydrogens (tertiary/aromatic N) is 3. The molecule has 1 aromatic carbocycles. The highest BCUT2D eigenvalue weighted by molar-refractivity contribution is 6.19. The molecule has 0 spiro atoms. The van der Waals surface area contributed by atoms with E-state index in [2.05, 4.69) is 9.98 Å². The summed E-state index contributed by atoms with van der Waals surface area (Å²) in [4.78, 5) is 22.4. The Morgan fingerprint density at radius 2 is 1.90 bits per heavy atom. The highest BCUT2D eigenvalue weighted by atomic mass is 16.2. The van der Waals surface area contributed by atoms with Crippen molar-refractivity contribution in [3.05, 3.63) is 59.9 Å². The van der Waals surface area contributed by atoms with Gasteiger partial charge in [-0.25, -0.2) is 0 Å². The van der Waals surface area contributed by atoms with Crippen LogP contribution in [0, 0.1) is 0 Å². The molecule has 0 saturated heterocycles. The molecule has 20 heavy (non-hydrogen) atoms. The minimum absolute atomic E-state index is 0.233. The maximum atomic E-state index is 12.2. The molecule has 0 fully saturated rings. The van der Waals surface area contributed by atoms with Crippen LogP contribution < -0.4 is 10.6 Å². The largest absolute Gasteiger partial charge is 0.312 e. The van der Waals surface area contributed by atoms with E-state index in [9.17, 15) is 4.79 Å². The van der Waals surface area contributed by atoms with Crippen LogP contribution in [0.1, 0.15) is 11.3 Å². The summed E-state index contributed by atoms with van der Waals surface area (Å²) in [6, 6.07) is 13.2. The monoisotopic (exact) mass is 266 g/mol. The molecule has 2 heterocycles. The van der Waals surface area contributed by atoms with E-state index in [-0.39, 0.29) is 5.91 Å². The number of benzodiazepines with no additional fused rings is 1. The highest BCUT2D eigenvalue weighted by Crippen LogP contribution is 2.25. The Labute approximate surface area is 116 Å². The topological polar surface area (TPSA) is 71.6 Å². The van der Waals surface area contributed by atoms with E-state index in [1.165, 1.54) is 0 Å². The van der Waals surface area contributed by atoms with Gasteiger partial charge >= 0.3 is 0 Å². The van der Waals surface area contributed by atoms with Gasteiger partial charge in [0.15, 0.2) is 6.17 Å². The van der Waals surface area contributed by atoms with Crippen LogP contribution >= 0.6 is 0 Å². The van der Waals surface area contributed by atoms with E-state index in [4.69, 9.17) is 5.73 Å². The second-order valence-corrected chi connectivity index (χ2v) is 4.55. The molecular weight excluding hydrogens is 252 g/mol. The number of nitrogens with two attached hydrogens (primary N) is 1. The van der Waals surface area contributed by atoms with Gasteiger partial charge in [0.1, 0.15) is 0 Å². The summed E-state index contributed by atoms with van der Waals surface area (Å²) in [5.41, 5.74) is 8.86. The number of aliphatic imine (C=N–C) groups is 1. The van der Waals surface area contributed by atoms with Gasteiger partial charge in [-0.15, -0.1) is 0 Å². The first-order chi connectivity index (χ1) is 9.68. The number of hydrogen-bond acceptors (Lipinski definition) is 4. The first kappa shape index (κ1) is 12.5. The Morgan fingerprint density at radius 3 is 2.65 bits per heavy atom. The van der Waals surface area contributed by atoms with Crippen LogP contribution in [0.15, 0.2) is 53.7 Å². The molecule has 0 radical (unpaired) electrons. The lowest BCUT2D eigenvalue weighted by Crippen LogP contribution is -2.39. The van der Waals surface area contributed by atoms with Crippen molar-refractivity contribution in [3.8, 4) is 0 Å². The van der Waals surface area contributed by atoms with E-state index in [1.54, 1.807) is 18.1 Å². The summed E-state index contributed by atoms with van der Waals surface area (Å²) >= 11 is 0. The summed E-state index contributed by atoms with van der Waals surface area (Å²) in [7, 11) is 1.71. The fraction of sp³-hybridized carbons (Fsp3) is 0.133. The smallest absolute Gasteiger partial charge is 0.266 e. The van der Waals surface area contributed by atoms with Gasteiger partial charge in [-0.1, -0.05) is 24.3 Å². The SMILES string of the molecule is CN1C(=O)[C@H](N)N=C(c2ccccn2)c2ccccc21. The van der Waals surface area contributed by atoms with Crippen LogP contribution in [0.4, 0.5) is 5.69 Å². The molecule has 0 saturated carbocycles. The highest BCUT2D eigenvalue weighted by Gasteiger charge is 2.27. The first-order valence-corrected chi connectivity index (χ1v) is 6.30. The van der Waals surface area contributed by atoms with Gasteiger partial charge in [-0.05, 0) is 18.2 Å². The molecule has 3 rings (SSSR count). The third-order valence-corrected chi connectivity index (χ3v) is 3.28. The summed E-state index contributed by atoms with van der Waals surface area (Å²) in [6.07, 6.45) is 0.784. The predicted molar refractivity (Wildman–Crippen MR) is 77.7 cm³/mol. The van der Waals surface area contributed by atoms with Crippen molar-refractivity contribution in [2.45, 2.75) is 6.17 Å². The maximum Gasteiger partial charge on any atom is 0.266 e. The molecule has 0 aliphatic carbocycles. The van der Waals surface area contributed by atoms with Crippen LogP contribution in [0.5, 0.6) is 0 Å². The number of hydrogen-bond donors (Lipinski definition) is 1. The summed E-state index contributed by atoms with van der Waals surface area (Å²) in [5.74, 6) is -0.233. The van der Waals surface area contributed by atoms with Gasteiger partial charge in [0.2, 0.25) is 0 Å². The number of rotatable bonds is 1. The van der Waals surface area contributed by atoms with Gasteiger partial charge in [0.05, 0.1) is 17.1 Å². The number of para-hydroxylation sites is 1. The molecule has 1 aromatic heterocycles. The average Bonchev–Trinajstić information content (AvgIpc) is 2.60. The number of carbonyl (C=O) groups is 1. The lowest BCUT2D eigenvalue weighted by atomic mass is 10.0. The van der Waals surface area contributed by atoms with Crippen molar-refractivity contribution in [3.63, 3.8) is 0 Å². The molecule has 0 unspecified atom stereocenters. The minimum Gasteiger partial charge on any atom is -0.312 e. The zero-order valence-corrected chi connectivity index (χ0v) is 11.0. The number of pyridine rings is 1. The van der Waals surface area contributed by atoms with Gasteiger partial charge in [-0.3, -0.25) is 14.8 Å². The minimum atomic E-state index is -0.913. The summed E-state index contributed by atoms with van der Waals surface area (Å²) in [6.45, 7) is 0. The van der Waals surface area contributed by atoms with Gasteiger partial charge in [0, 0.05) is 18.8 Å². The number of carbonyl (C=O) groups excluding carboxylic acids is 1. The Kier molecular flexibility index (Phi) is 3.04. The quantitative estimate of drug-likeness (QED) is 0.842. The number of amides is 1. The molecule has 0 bridgehead atoms. The fourth-order valence-corrected chi connectivity index (χ4v) is 2.25. The van der Waals surface area contributed by atoms with E-state index < -0.39 is 6.17 Å². The van der Waals surface area contributed by atoms with Crippen molar-refractivity contribution in [2.75, 3.05) is 11.9 Å². The number of aromatic nitrogens is 1.